The molecule has 0 fully saturated rings. The smallest absolute Gasteiger partial charge is 0.326 e. The Balaban J connectivity index is 2.00. The predicted octanol–water partition coefficient (Wildman–Crippen LogP) is 2.45. The van der Waals surface area contributed by atoms with E-state index < -0.39 is 30.2 Å². The summed E-state index contributed by atoms with van der Waals surface area (Å²) in [5.74, 6) is -2.71. The summed E-state index contributed by atoms with van der Waals surface area (Å²) in [5.41, 5.74) is 0.483. The fourth-order valence-corrected chi connectivity index (χ4v) is 3.15. The number of halogens is 1. The number of amides is 3. The molecular weight excluding hydrogens is 386 g/mol. The van der Waals surface area contributed by atoms with Gasteiger partial charge in [-0.15, -0.1) is 0 Å². The zero-order valence-electron chi connectivity index (χ0n) is 15.1. The van der Waals surface area contributed by atoms with Crippen LogP contribution in [-0.4, -0.2) is 46.7 Å². The largest absolute Gasteiger partial charge is 0.465 e. The van der Waals surface area contributed by atoms with Crippen molar-refractivity contribution in [3.63, 3.8) is 0 Å². The average Bonchev–Trinajstić information content (AvgIpc) is 2.91. The summed E-state index contributed by atoms with van der Waals surface area (Å²) in [6.45, 7) is 2.73. The Hall–Kier alpha value is -3.26. The van der Waals surface area contributed by atoms with Gasteiger partial charge in [0.1, 0.15) is 11.7 Å². The van der Waals surface area contributed by atoms with E-state index in [0.717, 1.165) is 4.90 Å². The van der Waals surface area contributed by atoms with Crippen molar-refractivity contribution in [2.24, 2.45) is 0 Å². The summed E-state index contributed by atoms with van der Waals surface area (Å²) >= 11 is 6.08. The van der Waals surface area contributed by atoms with Crippen molar-refractivity contribution in [2.75, 3.05) is 18.5 Å². The lowest BCUT2D eigenvalue weighted by molar-refractivity contribution is -0.143. The first-order valence-electron chi connectivity index (χ1n) is 8.43. The zero-order valence-corrected chi connectivity index (χ0v) is 15.9. The fraction of sp³-hybridized carbons (Fsp3) is 0.211. The zero-order chi connectivity index (χ0) is 20.4. The molecule has 0 saturated carbocycles. The van der Waals surface area contributed by atoms with Crippen LogP contribution in [0.25, 0.3) is 0 Å². The van der Waals surface area contributed by atoms with Crippen molar-refractivity contribution in [1.29, 1.82) is 0 Å². The Morgan fingerprint density at radius 3 is 2.43 bits per heavy atom. The molecule has 28 heavy (non-hydrogen) atoms. The van der Waals surface area contributed by atoms with Crippen LogP contribution < -0.4 is 5.32 Å². The molecule has 0 bridgehead atoms. The molecule has 0 spiro atoms. The second-order valence-electron chi connectivity index (χ2n) is 5.93. The van der Waals surface area contributed by atoms with Gasteiger partial charge in [0.05, 0.1) is 29.1 Å². The summed E-state index contributed by atoms with van der Waals surface area (Å²) in [4.78, 5) is 54.6. The normalized spacial score (nSPS) is 12.8. The van der Waals surface area contributed by atoms with Gasteiger partial charge in [0.2, 0.25) is 0 Å². The van der Waals surface area contributed by atoms with Crippen molar-refractivity contribution in [1.82, 2.24) is 9.88 Å². The first-order chi connectivity index (χ1) is 13.3. The molecule has 3 amide bonds. The number of ether oxygens (including phenoxy) is 1. The van der Waals surface area contributed by atoms with Gasteiger partial charge in [0.25, 0.3) is 17.7 Å². The maximum Gasteiger partial charge on any atom is 0.326 e. The average molecular weight is 402 g/mol. The lowest BCUT2D eigenvalue weighted by atomic mass is 10.1. The lowest BCUT2D eigenvalue weighted by Crippen LogP contribution is -2.35. The molecule has 1 N–H and O–H groups in total. The third kappa shape index (κ3) is 3.46. The minimum atomic E-state index is -0.763. The molecule has 0 unspecified atom stereocenters. The van der Waals surface area contributed by atoms with Crippen molar-refractivity contribution >= 4 is 41.0 Å². The van der Waals surface area contributed by atoms with E-state index in [1.165, 1.54) is 0 Å². The Morgan fingerprint density at radius 2 is 1.79 bits per heavy atom. The Morgan fingerprint density at radius 1 is 1.14 bits per heavy atom. The lowest BCUT2D eigenvalue weighted by Gasteiger charge is -2.13. The molecular formula is C19H16ClN3O5. The number of aromatic nitrogens is 1. The van der Waals surface area contributed by atoms with E-state index in [0.29, 0.717) is 5.56 Å². The number of pyridine rings is 1. The molecule has 144 valence electrons. The summed E-state index contributed by atoms with van der Waals surface area (Å²) in [6.07, 6.45) is 0. The van der Waals surface area contributed by atoms with Crippen LogP contribution in [0.4, 0.5) is 5.69 Å². The number of anilines is 1. The molecule has 1 aromatic carbocycles. The highest BCUT2D eigenvalue weighted by molar-refractivity contribution is 6.37. The summed E-state index contributed by atoms with van der Waals surface area (Å²) in [5, 5.41) is 2.46. The van der Waals surface area contributed by atoms with Gasteiger partial charge in [0.15, 0.2) is 0 Å². The molecule has 0 radical (unpaired) electrons. The molecule has 0 saturated heterocycles. The van der Waals surface area contributed by atoms with Crippen LogP contribution in [0.1, 0.15) is 43.7 Å². The summed E-state index contributed by atoms with van der Waals surface area (Å²) < 4.78 is 4.80. The minimum absolute atomic E-state index is 0.0814. The predicted molar refractivity (Wildman–Crippen MR) is 100 cm³/mol. The third-order valence-corrected chi connectivity index (χ3v) is 4.39. The van der Waals surface area contributed by atoms with Crippen LogP contribution in [0.2, 0.25) is 5.15 Å². The molecule has 1 aliphatic heterocycles. The highest BCUT2D eigenvalue weighted by atomic mass is 35.5. The number of hydrogen-bond donors (Lipinski definition) is 1. The van der Waals surface area contributed by atoms with E-state index in [4.69, 9.17) is 16.3 Å². The number of aryl methyl sites for hydroxylation is 1. The number of imide groups is 1. The van der Waals surface area contributed by atoms with Gasteiger partial charge in [-0.1, -0.05) is 29.8 Å². The van der Waals surface area contributed by atoms with E-state index in [-0.39, 0.29) is 34.3 Å². The fourth-order valence-electron chi connectivity index (χ4n) is 2.85. The Labute approximate surface area is 165 Å². The maximum absolute atomic E-state index is 12.8. The Bertz CT molecular complexity index is 991. The van der Waals surface area contributed by atoms with Crippen molar-refractivity contribution in [3.8, 4) is 0 Å². The summed E-state index contributed by atoms with van der Waals surface area (Å²) in [7, 11) is 0. The molecule has 9 heteroatoms. The topological polar surface area (TPSA) is 106 Å². The van der Waals surface area contributed by atoms with Crippen molar-refractivity contribution < 1.29 is 23.9 Å². The van der Waals surface area contributed by atoms with E-state index in [1.807, 2.05) is 0 Å². The number of esters is 1. The first-order valence-corrected chi connectivity index (χ1v) is 8.81. The van der Waals surface area contributed by atoms with Gasteiger partial charge in [-0.2, -0.15) is 0 Å². The molecule has 0 atom stereocenters. The highest BCUT2D eigenvalue weighted by Gasteiger charge is 2.42. The SMILES string of the molecule is CCOC(=O)CN1C(=O)c2c(Cl)nc(C)c(NC(=O)c3ccccc3)c2C1=O. The van der Waals surface area contributed by atoms with Crippen LogP contribution in [-0.2, 0) is 9.53 Å². The molecule has 1 aliphatic rings. The van der Waals surface area contributed by atoms with Crippen LogP contribution in [0, 0.1) is 6.92 Å². The van der Waals surface area contributed by atoms with Gasteiger partial charge in [0, 0.05) is 5.56 Å². The number of benzene rings is 1. The number of carbonyl (C=O) groups excluding carboxylic acids is 4. The van der Waals surface area contributed by atoms with Gasteiger partial charge >= 0.3 is 5.97 Å². The van der Waals surface area contributed by atoms with Crippen LogP contribution in [0.15, 0.2) is 30.3 Å². The van der Waals surface area contributed by atoms with Crippen LogP contribution in [0.3, 0.4) is 0 Å². The standard InChI is InChI=1S/C19H16ClN3O5/c1-3-28-12(24)9-23-18(26)13-14(19(23)27)16(20)21-10(2)15(13)22-17(25)11-7-5-4-6-8-11/h4-8H,3,9H2,1-2H3,(H,22,25). The van der Waals surface area contributed by atoms with Crippen LogP contribution >= 0.6 is 11.6 Å². The van der Waals surface area contributed by atoms with E-state index in [1.54, 1.807) is 44.2 Å². The van der Waals surface area contributed by atoms with Crippen LogP contribution in [0.5, 0.6) is 0 Å². The number of carbonyl (C=O) groups is 4. The number of nitrogens with zero attached hydrogens (tertiary/aromatic N) is 2. The second kappa shape index (κ2) is 7.77. The quantitative estimate of drug-likeness (QED) is 0.468. The van der Waals surface area contributed by atoms with Gasteiger partial charge in [-0.05, 0) is 26.0 Å². The Kier molecular flexibility index (Phi) is 5.41. The molecule has 0 aliphatic carbocycles. The minimum Gasteiger partial charge on any atom is -0.465 e. The van der Waals surface area contributed by atoms with Crippen molar-refractivity contribution in [3.05, 3.63) is 57.9 Å². The summed E-state index contributed by atoms with van der Waals surface area (Å²) in [6, 6.07) is 8.37. The molecule has 2 aromatic rings. The van der Waals surface area contributed by atoms with E-state index in [2.05, 4.69) is 10.3 Å². The number of hydrogen-bond acceptors (Lipinski definition) is 6. The van der Waals surface area contributed by atoms with Gasteiger partial charge in [-0.25, -0.2) is 4.98 Å². The number of fused-ring (bicyclic) bond motifs is 1. The van der Waals surface area contributed by atoms with Gasteiger partial charge < -0.3 is 10.1 Å². The molecule has 1 aromatic heterocycles. The van der Waals surface area contributed by atoms with E-state index in [9.17, 15) is 19.2 Å². The molecule has 3 rings (SSSR count). The number of nitrogens with one attached hydrogen (secondary N) is 1. The monoisotopic (exact) mass is 401 g/mol. The van der Waals surface area contributed by atoms with Crippen molar-refractivity contribution in [2.45, 2.75) is 13.8 Å². The third-order valence-electron chi connectivity index (χ3n) is 4.12. The van der Waals surface area contributed by atoms with E-state index >= 15 is 0 Å². The molecule has 2 heterocycles. The highest BCUT2D eigenvalue weighted by Crippen LogP contribution is 2.35. The van der Waals surface area contributed by atoms with Gasteiger partial charge in [-0.3, -0.25) is 24.1 Å². The number of rotatable bonds is 5. The first kappa shape index (κ1) is 19.5. The maximum atomic E-state index is 12.8. The molecule has 8 nitrogen and oxygen atoms in total. The second-order valence-corrected chi connectivity index (χ2v) is 6.29.